The van der Waals surface area contributed by atoms with Crippen molar-refractivity contribution in [1.82, 2.24) is 0 Å². The van der Waals surface area contributed by atoms with Crippen LogP contribution in [0, 0.1) is 0 Å². The van der Waals surface area contributed by atoms with Crippen molar-refractivity contribution in [3.05, 3.63) is 54.6 Å². The molecule has 1 heterocycles. The monoisotopic (exact) mass is 383 g/mol. The van der Waals surface area contributed by atoms with Crippen LogP contribution in [0.2, 0.25) is 0 Å². The van der Waals surface area contributed by atoms with Gasteiger partial charge in [0.05, 0.1) is 5.69 Å². The van der Waals surface area contributed by atoms with Crippen molar-refractivity contribution in [1.29, 1.82) is 0 Å². The second-order valence-electron chi connectivity index (χ2n) is 5.89. The van der Waals surface area contributed by atoms with Crippen LogP contribution in [0.25, 0.3) is 0 Å². The number of benzene rings is 2. The minimum atomic E-state index is -0.753. The highest BCUT2D eigenvalue weighted by Gasteiger charge is 2.41. The summed E-state index contributed by atoms with van der Waals surface area (Å²) in [4.78, 5) is 49.0. The van der Waals surface area contributed by atoms with Gasteiger partial charge in [0.1, 0.15) is 5.25 Å². The lowest BCUT2D eigenvalue weighted by molar-refractivity contribution is -0.121. The maximum Gasteiger partial charge on any atom is 0.293 e. The number of imide groups is 1. The van der Waals surface area contributed by atoms with Gasteiger partial charge >= 0.3 is 0 Å². The van der Waals surface area contributed by atoms with Gasteiger partial charge in [0.2, 0.25) is 17.7 Å². The van der Waals surface area contributed by atoms with Crippen LogP contribution in [0.15, 0.2) is 54.6 Å². The van der Waals surface area contributed by atoms with Crippen molar-refractivity contribution in [3.63, 3.8) is 0 Å². The Kier molecular flexibility index (Phi) is 5.56. The molecule has 1 saturated heterocycles. The molecule has 138 valence electrons. The van der Waals surface area contributed by atoms with E-state index in [1.807, 2.05) is 0 Å². The van der Waals surface area contributed by atoms with Crippen molar-refractivity contribution >= 4 is 51.8 Å². The zero-order chi connectivity index (χ0) is 19.4. The van der Waals surface area contributed by atoms with E-state index in [9.17, 15) is 19.2 Å². The molecule has 27 heavy (non-hydrogen) atoms. The molecule has 1 aliphatic heterocycles. The van der Waals surface area contributed by atoms with E-state index in [0.717, 1.165) is 16.7 Å². The number of amides is 4. The van der Waals surface area contributed by atoms with Gasteiger partial charge in [0.15, 0.2) is 0 Å². The average Bonchev–Trinajstić information content (AvgIpc) is 2.90. The van der Waals surface area contributed by atoms with Crippen LogP contribution in [-0.4, -0.2) is 28.2 Å². The molecule has 0 saturated carbocycles. The number of nitrogens with one attached hydrogen (secondary N) is 2. The Morgan fingerprint density at radius 1 is 0.963 bits per heavy atom. The van der Waals surface area contributed by atoms with Crippen molar-refractivity contribution in [2.45, 2.75) is 18.6 Å². The van der Waals surface area contributed by atoms with E-state index < -0.39 is 11.2 Å². The smallest absolute Gasteiger partial charge is 0.293 e. The summed E-state index contributed by atoms with van der Waals surface area (Å²) in [5, 5.41) is 4.19. The van der Waals surface area contributed by atoms with E-state index in [2.05, 4.69) is 10.6 Å². The first-order valence-corrected chi connectivity index (χ1v) is 9.09. The summed E-state index contributed by atoms with van der Waals surface area (Å²) in [5.74, 6) is -0.945. The molecule has 0 aliphatic carbocycles. The molecule has 0 aromatic heterocycles. The van der Waals surface area contributed by atoms with Crippen LogP contribution in [0.5, 0.6) is 0 Å². The van der Waals surface area contributed by atoms with Crippen LogP contribution in [0.3, 0.4) is 0 Å². The van der Waals surface area contributed by atoms with Crippen molar-refractivity contribution < 1.29 is 19.2 Å². The summed E-state index contributed by atoms with van der Waals surface area (Å²) in [5.41, 5.74) is 1.65. The molecule has 7 nitrogen and oxygen atoms in total. The fourth-order valence-corrected chi connectivity index (χ4v) is 3.60. The van der Waals surface area contributed by atoms with Crippen LogP contribution >= 0.6 is 11.8 Å². The molecule has 0 radical (unpaired) electrons. The molecular formula is C19H17N3O4S. The third kappa shape index (κ3) is 4.53. The predicted molar refractivity (Wildman–Crippen MR) is 105 cm³/mol. The Morgan fingerprint density at radius 2 is 1.56 bits per heavy atom. The number of thioether (sulfide) groups is 1. The van der Waals surface area contributed by atoms with Crippen LogP contribution in [-0.2, 0) is 14.4 Å². The van der Waals surface area contributed by atoms with Crippen LogP contribution in [0.1, 0.15) is 13.3 Å². The third-order valence-corrected chi connectivity index (χ3v) is 4.83. The van der Waals surface area contributed by atoms with E-state index in [0.29, 0.717) is 17.1 Å². The maximum absolute atomic E-state index is 12.5. The van der Waals surface area contributed by atoms with Crippen molar-refractivity contribution in [2.75, 3.05) is 15.5 Å². The molecule has 8 heteroatoms. The Hall–Kier alpha value is -3.13. The van der Waals surface area contributed by atoms with Gasteiger partial charge in [0, 0.05) is 24.7 Å². The summed E-state index contributed by atoms with van der Waals surface area (Å²) < 4.78 is 0. The lowest BCUT2D eigenvalue weighted by Crippen LogP contribution is -2.32. The van der Waals surface area contributed by atoms with Gasteiger partial charge in [0.25, 0.3) is 5.24 Å². The highest BCUT2D eigenvalue weighted by Crippen LogP contribution is 2.33. The number of anilines is 3. The Bertz CT molecular complexity index is 884. The maximum atomic E-state index is 12.5. The second-order valence-corrected chi connectivity index (χ2v) is 7.05. The lowest BCUT2D eigenvalue weighted by atomic mass is 10.2. The molecule has 2 aromatic carbocycles. The highest BCUT2D eigenvalue weighted by molar-refractivity contribution is 8.15. The largest absolute Gasteiger partial charge is 0.326 e. The van der Waals surface area contributed by atoms with E-state index in [4.69, 9.17) is 0 Å². The van der Waals surface area contributed by atoms with Crippen molar-refractivity contribution in [3.8, 4) is 0 Å². The lowest BCUT2D eigenvalue weighted by Gasteiger charge is -2.13. The number of carbonyl (C=O) groups excluding carboxylic acids is 4. The number of rotatable bonds is 5. The normalized spacial score (nSPS) is 16.3. The minimum Gasteiger partial charge on any atom is -0.326 e. The van der Waals surface area contributed by atoms with Gasteiger partial charge in [-0.05, 0) is 48.2 Å². The predicted octanol–water partition coefficient (Wildman–Crippen LogP) is 3.24. The molecule has 2 N–H and O–H groups in total. The average molecular weight is 383 g/mol. The first-order chi connectivity index (χ1) is 12.9. The fraction of sp³-hybridized carbons (Fsp3) is 0.158. The molecule has 1 fully saturated rings. The van der Waals surface area contributed by atoms with E-state index in [-0.39, 0.29) is 23.5 Å². The number of para-hydroxylation sites is 1. The SMILES string of the molecule is CC(=O)Nc1ccc(NC(=O)C[C@H]2SC(=O)N(c3ccccc3)C2=O)cc1. The number of carbonyl (C=O) groups is 4. The van der Waals surface area contributed by atoms with Gasteiger partial charge in [-0.15, -0.1) is 0 Å². The zero-order valence-electron chi connectivity index (χ0n) is 14.5. The number of hydrogen-bond acceptors (Lipinski definition) is 5. The number of nitrogens with zero attached hydrogens (tertiary/aromatic N) is 1. The van der Waals surface area contributed by atoms with Gasteiger partial charge < -0.3 is 10.6 Å². The summed E-state index contributed by atoms with van der Waals surface area (Å²) in [6.45, 7) is 1.41. The molecule has 4 amide bonds. The van der Waals surface area contributed by atoms with Gasteiger partial charge in [-0.3, -0.25) is 19.2 Å². The van der Waals surface area contributed by atoms with E-state index in [1.54, 1.807) is 54.6 Å². The number of hydrogen-bond donors (Lipinski definition) is 2. The molecular weight excluding hydrogens is 366 g/mol. The summed E-state index contributed by atoms with van der Waals surface area (Å²) >= 11 is 0.854. The Balaban J connectivity index is 1.60. The summed E-state index contributed by atoms with van der Waals surface area (Å²) in [6, 6.07) is 15.2. The molecule has 0 bridgehead atoms. The molecule has 1 aliphatic rings. The van der Waals surface area contributed by atoms with Crippen molar-refractivity contribution in [2.24, 2.45) is 0 Å². The molecule has 2 aromatic rings. The fourth-order valence-electron chi connectivity index (χ4n) is 2.62. The third-order valence-electron chi connectivity index (χ3n) is 3.80. The first kappa shape index (κ1) is 18.7. The van der Waals surface area contributed by atoms with E-state index in [1.165, 1.54) is 6.92 Å². The first-order valence-electron chi connectivity index (χ1n) is 8.21. The molecule has 0 spiro atoms. The second kappa shape index (κ2) is 8.05. The van der Waals surface area contributed by atoms with Crippen LogP contribution < -0.4 is 15.5 Å². The molecule has 0 unspecified atom stereocenters. The topological polar surface area (TPSA) is 95.6 Å². The standard InChI is InChI=1S/C19H17N3O4S/c1-12(23)20-13-7-9-14(10-8-13)21-17(24)11-16-18(25)22(19(26)27-16)15-5-3-2-4-6-15/h2-10,16H,11H2,1H3,(H,20,23)(H,21,24)/t16-/m1/s1. The molecule has 3 rings (SSSR count). The highest BCUT2D eigenvalue weighted by atomic mass is 32.2. The van der Waals surface area contributed by atoms with Gasteiger partial charge in [-0.1, -0.05) is 18.2 Å². The Labute approximate surface area is 160 Å². The summed E-state index contributed by atoms with van der Waals surface area (Å²) in [6.07, 6.45) is -0.105. The van der Waals surface area contributed by atoms with Gasteiger partial charge in [-0.25, -0.2) is 4.90 Å². The van der Waals surface area contributed by atoms with E-state index >= 15 is 0 Å². The quantitative estimate of drug-likeness (QED) is 0.826. The zero-order valence-corrected chi connectivity index (χ0v) is 15.3. The van der Waals surface area contributed by atoms with Gasteiger partial charge in [-0.2, -0.15) is 0 Å². The summed E-state index contributed by atoms with van der Waals surface area (Å²) in [7, 11) is 0. The molecule has 1 atom stereocenters. The van der Waals surface area contributed by atoms with Crippen LogP contribution in [0.4, 0.5) is 21.9 Å². The Morgan fingerprint density at radius 3 is 2.15 bits per heavy atom. The minimum absolute atomic E-state index is 0.105.